The molecule has 1 rings (SSSR count). The van der Waals surface area contributed by atoms with Gasteiger partial charge in [-0.15, -0.1) is 5.10 Å². The third-order valence-corrected chi connectivity index (χ3v) is 2.50. The molecule has 1 unspecified atom stereocenters. The van der Waals surface area contributed by atoms with Gasteiger partial charge in [-0.25, -0.2) is 9.48 Å². The lowest BCUT2D eigenvalue weighted by Gasteiger charge is -2.15. The highest BCUT2D eigenvalue weighted by atomic mass is 16.5. The van der Waals surface area contributed by atoms with E-state index in [1.165, 1.54) is 14.1 Å². The van der Waals surface area contributed by atoms with E-state index in [9.17, 15) is 9.59 Å². The van der Waals surface area contributed by atoms with Crippen molar-refractivity contribution in [3.05, 3.63) is 20.8 Å². The normalized spacial score (nSPS) is 12.4. The summed E-state index contributed by atoms with van der Waals surface area (Å²) in [6.45, 7) is 0.764. The van der Waals surface area contributed by atoms with Crippen LogP contribution in [0, 0.1) is 0 Å². The van der Waals surface area contributed by atoms with Crippen molar-refractivity contribution in [1.29, 1.82) is 0 Å². The zero-order chi connectivity index (χ0) is 13.7. The minimum atomic E-state index is -0.467. The Morgan fingerprint density at radius 1 is 1.33 bits per heavy atom. The summed E-state index contributed by atoms with van der Waals surface area (Å²) in [4.78, 5) is 23.2. The van der Waals surface area contributed by atoms with Crippen molar-refractivity contribution in [2.45, 2.75) is 6.10 Å². The van der Waals surface area contributed by atoms with Crippen molar-refractivity contribution < 1.29 is 9.47 Å². The number of anilines is 1. The minimum absolute atomic E-state index is 0.109. The SMILES string of the molecule is COCC(CNc1nn(C)c(=O)n(C)c1=O)OC. The van der Waals surface area contributed by atoms with E-state index in [2.05, 4.69) is 10.4 Å². The van der Waals surface area contributed by atoms with Gasteiger partial charge < -0.3 is 14.8 Å². The molecular weight excluding hydrogens is 240 g/mol. The first-order chi connectivity index (χ1) is 8.51. The van der Waals surface area contributed by atoms with Gasteiger partial charge in [0.15, 0.2) is 0 Å². The minimum Gasteiger partial charge on any atom is -0.382 e. The number of hydrogen-bond donors (Lipinski definition) is 1. The van der Waals surface area contributed by atoms with E-state index in [0.29, 0.717) is 13.2 Å². The molecule has 1 N–H and O–H groups in total. The fourth-order valence-electron chi connectivity index (χ4n) is 1.42. The molecule has 0 aliphatic carbocycles. The Kier molecular flexibility index (Phi) is 5.05. The molecule has 0 aliphatic heterocycles. The monoisotopic (exact) mass is 258 g/mol. The van der Waals surface area contributed by atoms with Crippen molar-refractivity contribution >= 4 is 5.82 Å². The molecule has 8 heteroatoms. The van der Waals surface area contributed by atoms with E-state index in [0.717, 1.165) is 9.25 Å². The van der Waals surface area contributed by atoms with E-state index < -0.39 is 11.2 Å². The van der Waals surface area contributed by atoms with Crippen LogP contribution in [0.5, 0.6) is 0 Å². The molecular formula is C10H18N4O4. The van der Waals surface area contributed by atoms with Gasteiger partial charge in [0, 0.05) is 34.9 Å². The quantitative estimate of drug-likeness (QED) is 0.672. The van der Waals surface area contributed by atoms with Gasteiger partial charge in [0.25, 0.3) is 5.56 Å². The molecule has 0 saturated carbocycles. The lowest BCUT2D eigenvalue weighted by molar-refractivity contribution is 0.0365. The predicted molar refractivity (Wildman–Crippen MR) is 65.9 cm³/mol. The van der Waals surface area contributed by atoms with Crippen molar-refractivity contribution in [2.24, 2.45) is 14.1 Å². The molecule has 0 aromatic carbocycles. The van der Waals surface area contributed by atoms with E-state index in [4.69, 9.17) is 9.47 Å². The maximum absolute atomic E-state index is 11.8. The Morgan fingerprint density at radius 2 is 2.00 bits per heavy atom. The topological polar surface area (TPSA) is 87.4 Å². The molecule has 1 atom stereocenters. The third kappa shape index (κ3) is 3.17. The molecule has 0 aliphatic rings. The number of rotatable bonds is 6. The van der Waals surface area contributed by atoms with Crippen LogP contribution in [0.1, 0.15) is 0 Å². The number of ether oxygens (including phenoxy) is 2. The van der Waals surface area contributed by atoms with Gasteiger partial charge in [0.2, 0.25) is 5.82 Å². The molecule has 0 saturated heterocycles. The molecule has 1 aromatic rings. The highest BCUT2D eigenvalue weighted by molar-refractivity contribution is 5.29. The van der Waals surface area contributed by atoms with Crippen LogP contribution < -0.4 is 16.6 Å². The Hall–Kier alpha value is -1.67. The van der Waals surface area contributed by atoms with Crippen molar-refractivity contribution in [2.75, 3.05) is 32.7 Å². The zero-order valence-corrected chi connectivity index (χ0v) is 11.0. The average molecular weight is 258 g/mol. The first-order valence-corrected chi connectivity index (χ1v) is 5.41. The van der Waals surface area contributed by atoms with E-state index in [1.807, 2.05) is 0 Å². The molecule has 1 aromatic heterocycles. The Labute approximate surface area is 104 Å². The van der Waals surface area contributed by atoms with E-state index in [1.54, 1.807) is 14.2 Å². The zero-order valence-electron chi connectivity index (χ0n) is 11.0. The van der Waals surface area contributed by atoms with Crippen LogP contribution in [0.25, 0.3) is 0 Å². The number of aryl methyl sites for hydroxylation is 1. The van der Waals surface area contributed by atoms with E-state index in [-0.39, 0.29) is 11.9 Å². The van der Waals surface area contributed by atoms with Gasteiger partial charge in [-0.05, 0) is 0 Å². The molecule has 18 heavy (non-hydrogen) atoms. The first-order valence-electron chi connectivity index (χ1n) is 5.41. The third-order valence-electron chi connectivity index (χ3n) is 2.50. The van der Waals surface area contributed by atoms with Gasteiger partial charge in [-0.2, -0.15) is 0 Å². The fraction of sp³-hybridized carbons (Fsp3) is 0.700. The van der Waals surface area contributed by atoms with Gasteiger partial charge in [-0.1, -0.05) is 0 Å². The highest BCUT2D eigenvalue weighted by Crippen LogP contribution is 1.94. The highest BCUT2D eigenvalue weighted by Gasteiger charge is 2.11. The van der Waals surface area contributed by atoms with Crippen LogP contribution in [-0.2, 0) is 23.6 Å². The van der Waals surface area contributed by atoms with Crippen molar-refractivity contribution in [3.63, 3.8) is 0 Å². The van der Waals surface area contributed by atoms with Crippen LogP contribution in [0.3, 0.4) is 0 Å². The van der Waals surface area contributed by atoms with Crippen LogP contribution >= 0.6 is 0 Å². The summed E-state index contributed by atoms with van der Waals surface area (Å²) >= 11 is 0. The molecule has 0 bridgehead atoms. The van der Waals surface area contributed by atoms with Gasteiger partial charge in [-0.3, -0.25) is 9.36 Å². The van der Waals surface area contributed by atoms with E-state index >= 15 is 0 Å². The first kappa shape index (κ1) is 14.4. The molecule has 0 radical (unpaired) electrons. The summed E-state index contributed by atoms with van der Waals surface area (Å²) < 4.78 is 12.2. The summed E-state index contributed by atoms with van der Waals surface area (Å²) in [6, 6.07) is 0. The number of aromatic nitrogens is 3. The van der Waals surface area contributed by atoms with Gasteiger partial charge in [0.1, 0.15) is 0 Å². The van der Waals surface area contributed by atoms with Crippen LogP contribution in [-0.4, -0.2) is 47.8 Å². The largest absolute Gasteiger partial charge is 0.382 e. The second-order valence-corrected chi connectivity index (χ2v) is 3.81. The molecule has 0 spiro atoms. The van der Waals surface area contributed by atoms with Crippen LogP contribution in [0.2, 0.25) is 0 Å². The fourth-order valence-corrected chi connectivity index (χ4v) is 1.42. The number of methoxy groups -OCH3 is 2. The Bertz CT molecular complexity index is 508. The lowest BCUT2D eigenvalue weighted by atomic mass is 10.3. The average Bonchev–Trinajstić information content (AvgIpc) is 2.37. The standard InChI is InChI=1S/C10H18N4O4/c1-13-9(15)8(12-14(2)10(13)16)11-5-7(18-4)6-17-3/h7H,5-6H2,1-4H3,(H,11,12). The molecule has 102 valence electrons. The van der Waals surface area contributed by atoms with Crippen LogP contribution in [0.15, 0.2) is 9.59 Å². The predicted octanol–water partition coefficient (Wildman–Crippen LogP) is -1.45. The Morgan fingerprint density at radius 3 is 2.56 bits per heavy atom. The second-order valence-electron chi connectivity index (χ2n) is 3.81. The molecule has 1 heterocycles. The molecule has 8 nitrogen and oxygen atoms in total. The number of nitrogens with one attached hydrogen (secondary N) is 1. The summed E-state index contributed by atoms with van der Waals surface area (Å²) in [5.41, 5.74) is -0.934. The maximum atomic E-state index is 11.8. The second kappa shape index (κ2) is 6.31. The lowest BCUT2D eigenvalue weighted by Crippen LogP contribution is -2.41. The Balaban J connectivity index is 2.86. The number of nitrogens with zero attached hydrogens (tertiary/aromatic N) is 3. The van der Waals surface area contributed by atoms with Gasteiger partial charge >= 0.3 is 5.69 Å². The molecule has 0 fully saturated rings. The smallest absolute Gasteiger partial charge is 0.346 e. The molecule has 0 amide bonds. The summed E-state index contributed by atoms with van der Waals surface area (Å²) in [7, 11) is 6.00. The summed E-state index contributed by atoms with van der Waals surface area (Å²) in [5.74, 6) is 0.109. The van der Waals surface area contributed by atoms with Crippen LogP contribution in [0.4, 0.5) is 5.82 Å². The van der Waals surface area contributed by atoms with Crippen molar-refractivity contribution in [1.82, 2.24) is 14.3 Å². The number of hydrogen-bond acceptors (Lipinski definition) is 6. The van der Waals surface area contributed by atoms with Crippen molar-refractivity contribution in [3.8, 4) is 0 Å². The summed E-state index contributed by atoms with van der Waals surface area (Å²) in [6.07, 6.45) is -0.196. The van der Waals surface area contributed by atoms with Gasteiger partial charge in [0.05, 0.1) is 12.7 Å². The maximum Gasteiger partial charge on any atom is 0.346 e. The summed E-state index contributed by atoms with van der Waals surface area (Å²) in [5, 5.41) is 6.71.